The van der Waals surface area contributed by atoms with E-state index in [-0.39, 0.29) is 11.7 Å². The van der Waals surface area contributed by atoms with Gasteiger partial charge in [-0.2, -0.15) is 0 Å². The van der Waals surface area contributed by atoms with Gasteiger partial charge in [0.05, 0.1) is 5.02 Å². The molecule has 2 rings (SSSR count). The number of nitrogens with zero attached hydrogens (tertiary/aromatic N) is 2. The van der Waals surface area contributed by atoms with E-state index in [9.17, 15) is 4.39 Å². The predicted octanol–water partition coefficient (Wildman–Crippen LogP) is 4.49. The van der Waals surface area contributed by atoms with E-state index in [0.717, 1.165) is 18.1 Å². The molecule has 2 aromatic rings. The van der Waals surface area contributed by atoms with Crippen molar-refractivity contribution in [3.05, 3.63) is 40.8 Å². The highest BCUT2D eigenvalue weighted by Crippen LogP contribution is 2.28. The molecule has 0 aliphatic carbocycles. The zero-order valence-electron chi connectivity index (χ0n) is 11.7. The Hall–Kier alpha value is -1.68. The van der Waals surface area contributed by atoms with Crippen molar-refractivity contribution in [3.63, 3.8) is 0 Å². The molecule has 3 nitrogen and oxygen atoms in total. The monoisotopic (exact) mass is 293 g/mol. The van der Waals surface area contributed by atoms with E-state index in [1.165, 1.54) is 12.1 Å². The Kier molecular flexibility index (Phi) is 4.55. The van der Waals surface area contributed by atoms with Gasteiger partial charge in [-0.25, -0.2) is 14.4 Å². The third kappa shape index (κ3) is 3.25. The van der Waals surface area contributed by atoms with Crippen LogP contribution < -0.4 is 5.32 Å². The number of aromatic nitrogens is 2. The zero-order chi connectivity index (χ0) is 14.7. The molecular weight excluding hydrogens is 277 g/mol. The molecule has 0 unspecified atom stereocenters. The maximum absolute atomic E-state index is 13.1. The minimum atomic E-state index is -0.370. The average molecular weight is 294 g/mol. The highest BCUT2D eigenvalue weighted by Gasteiger charge is 2.12. The summed E-state index contributed by atoms with van der Waals surface area (Å²) in [5.41, 5.74) is 1.56. The summed E-state index contributed by atoms with van der Waals surface area (Å²) in [6.45, 7) is 6.90. The minimum Gasteiger partial charge on any atom is -0.370 e. The fourth-order valence-electron chi connectivity index (χ4n) is 1.82. The summed E-state index contributed by atoms with van der Waals surface area (Å²) in [4.78, 5) is 8.96. The molecule has 0 aliphatic heterocycles. The molecule has 106 valence electrons. The topological polar surface area (TPSA) is 37.8 Å². The molecule has 1 N–H and O–H groups in total. The fraction of sp³-hybridized carbons (Fsp3) is 0.333. The number of halogens is 2. The number of anilines is 1. The van der Waals surface area contributed by atoms with Gasteiger partial charge in [0.25, 0.3) is 0 Å². The van der Waals surface area contributed by atoms with Crippen molar-refractivity contribution in [3.8, 4) is 11.4 Å². The molecule has 0 atom stereocenters. The number of nitrogens with one attached hydrogen (secondary N) is 1. The first-order valence-corrected chi connectivity index (χ1v) is 6.97. The molecule has 0 spiro atoms. The third-order valence-electron chi connectivity index (χ3n) is 2.87. The second kappa shape index (κ2) is 6.18. The van der Waals surface area contributed by atoms with Crippen molar-refractivity contribution in [2.45, 2.75) is 26.7 Å². The van der Waals surface area contributed by atoms with Gasteiger partial charge in [0.1, 0.15) is 11.6 Å². The van der Waals surface area contributed by atoms with E-state index >= 15 is 0 Å². The van der Waals surface area contributed by atoms with E-state index in [1.807, 2.05) is 13.0 Å². The summed E-state index contributed by atoms with van der Waals surface area (Å²) >= 11 is 6.08. The van der Waals surface area contributed by atoms with Crippen molar-refractivity contribution in [2.75, 3.05) is 11.9 Å². The lowest BCUT2D eigenvalue weighted by Crippen LogP contribution is -2.05. The predicted molar refractivity (Wildman–Crippen MR) is 80.7 cm³/mol. The molecule has 0 saturated carbocycles. The van der Waals surface area contributed by atoms with E-state index in [0.29, 0.717) is 16.4 Å². The quantitative estimate of drug-likeness (QED) is 0.902. The Morgan fingerprint density at radius 3 is 2.60 bits per heavy atom. The van der Waals surface area contributed by atoms with Gasteiger partial charge in [-0.1, -0.05) is 25.4 Å². The van der Waals surface area contributed by atoms with Gasteiger partial charge < -0.3 is 5.32 Å². The van der Waals surface area contributed by atoms with Gasteiger partial charge in [-0.15, -0.1) is 0 Å². The van der Waals surface area contributed by atoms with E-state index in [4.69, 9.17) is 11.6 Å². The lowest BCUT2D eigenvalue weighted by molar-refractivity contribution is 0.628. The van der Waals surface area contributed by atoms with Crippen molar-refractivity contribution in [2.24, 2.45) is 0 Å². The lowest BCUT2D eigenvalue weighted by atomic mass is 10.1. The third-order valence-corrected chi connectivity index (χ3v) is 3.18. The van der Waals surface area contributed by atoms with Crippen LogP contribution in [0.5, 0.6) is 0 Å². The molecule has 0 saturated heterocycles. The second-order valence-electron chi connectivity index (χ2n) is 4.81. The Labute approximate surface area is 123 Å². The van der Waals surface area contributed by atoms with Crippen molar-refractivity contribution >= 4 is 17.4 Å². The largest absolute Gasteiger partial charge is 0.370 e. The maximum atomic E-state index is 13.1. The Bertz CT molecular complexity index is 614. The standard InChI is InChI=1S/C15H17ClFN3/c1-4-18-14-8-13(9(2)3)19-15(20-14)11-6-5-10(17)7-12(11)16/h5-9H,4H2,1-3H3,(H,18,19,20). The average Bonchev–Trinajstić information content (AvgIpc) is 2.38. The van der Waals surface area contributed by atoms with Crippen molar-refractivity contribution in [1.82, 2.24) is 9.97 Å². The van der Waals surface area contributed by atoms with Gasteiger partial charge in [-0.3, -0.25) is 0 Å². The molecule has 0 fully saturated rings. The lowest BCUT2D eigenvalue weighted by Gasteiger charge is -2.12. The molecule has 1 aromatic carbocycles. The summed E-state index contributed by atoms with van der Waals surface area (Å²) in [5.74, 6) is 1.16. The van der Waals surface area contributed by atoms with Crippen LogP contribution in [0.4, 0.5) is 10.2 Å². The Morgan fingerprint density at radius 2 is 2.00 bits per heavy atom. The van der Waals surface area contributed by atoms with E-state index in [2.05, 4.69) is 29.1 Å². The summed E-state index contributed by atoms with van der Waals surface area (Å²) in [6.07, 6.45) is 0. The molecule has 20 heavy (non-hydrogen) atoms. The first kappa shape index (κ1) is 14.7. The van der Waals surface area contributed by atoms with Gasteiger partial charge in [0.2, 0.25) is 0 Å². The minimum absolute atomic E-state index is 0.272. The van der Waals surface area contributed by atoms with Crippen LogP contribution in [0.3, 0.4) is 0 Å². The molecule has 0 bridgehead atoms. The van der Waals surface area contributed by atoms with Crippen molar-refractivity contribution in [1.29, 1.82) is 0 Å². The van der Waals surface area contributed by atoms with Crippen LogP contribution in [0.2, 0.25) is 5.02 Å². The Balaban J connectivity index is 2.54. The molecule has 0 aliphatic rings. The summed E-state index contributed by atoms with van der Waals surface area (Å²) in [6, 6.07) is 6.16. The zero-order valence-corrected chi connectivity index (χ0v) is 12.5. The van der Waals surface area contributed by atoms with Crippen molar-refractivity contribution < 1.29 is 4.39 Å². The Morgan fingerprint density at radius 1 is 1.25 bits per heavy atom. The number of hydrogen-bond donors (Lipinski definition) is 1. The molecule has 5 heteroatoms. The van der Waals surface area contributed by atoms with Gasteiger partial charge >= 0.3 is 0 Å². The maximum Gasteiger partial charge on any atom is 0.163 e. The van der Waals surface area contributed by atoms with Gasteiger partial charge in [0, 0.05) is 23.9 Å². The van der Waals surface area contributed by atoms with E-state index < -0.39 is 0 Å². The molecule has 0 radical (unpaired) electrons. The molecule has 1 aromatic heterocycles. The highest BCUT2D eigenvalue weighted by molar-refractivity contribution is 6.33. The first-order valence-electron chi connectivity index (χ1n) is 6.59. The van der Waals surface area contributed by atoms with E-state index in [1.54, 1.807) is 6.07 Å². The van der Waals surface area contributed by atoms with Crippen LogP contribution in [0, 0.1) is 5.82 Å². The van der Waals surface area contributed by atoms with Crippen LogP contribution in [0.15, 0.2) is 24.3 Å². The normalized spacial score (nSPS) is 10.9. The number of hydrogen-bond acceptors (Lipinski definition) is 3. The van der Waals surface area contributed by atoms with Crippen LogP contribution in [0.25, 0.3) is 11.4 Å². The number of benzene rings is 1. The first-order chi connectivity index (χ1) is 9.51. The summed E-state index contributed by atoms with van der Waals surface area (Å²) in [5, 5.41) is 3.49. The number of rotatable bonds is 4. The highest BCUT2D eigenvalue weighted by atomic mass is 35.5. The summed E-state index contributed by atoms with van der Waals surface area (Å²) in [7, 11) is 0. The summed E-state index contributed by atoms with van der Waals surface area (Å²) < 4.78 is 13.1. The van der Waals surface area contributed by atoms with Crippen LogP contribution >= 0.6 is 11.6 Å². The van der Waals surface area contributed by atoms with Crippen LogP contribution in [-0.2, 0) is 0 Å². The van der Waals surface area contributed by atoms with Gasteiger partial charge in [-0.05, 0) is 31.0 Å². The molecule has 0 amide bonds. The van der Waals surface area contributed by atoms with Crippen LogP contribution in [0.1, 0.15) is 32.4 Å². The fourth-order valence-corrected chi connectivity index (χ4v) is 2.08. The smallest absolute Gasteiger partial charge is 0.163 e. The second-order valence-corrected chi connectivity index (χ2v) is 5.22. The molecule has 1 heterocycles. The molecular formula is C15H17ClFN3. The van der Waals surface area contributed by atoms with Gasteiger partial charge in [0.15, 0.2) is 5.82 Å². The SMILES string of the molecule is CCNc1cc(C(C)C)nc(-c2ccc(F)cc2Cl)n1. The van der Waals surface area contributed by atoms with Crippen LogP contribution in [-0.4, -0.2) is 16.5 Å².